The van der Waals surface area contributed by atoms with E-state index in [-0.39, 0.29) is 10.4 Å². The van der Waals surface area contributed by atoms with Gasteiger partial charge >= 0.3 is 0 Å². The van der Waals surface area contributed by atoms with Crippen LogP contribution in [0.1, 0.15) is 16.9 Å². The molecule has 5 heteroatoms. The summed E-state index contributed by atoms with van der Waals surface area (Å²) in [6, 6.07) is 6.76. The molecule has 0 atom stereocenters. The number of nitrogen functional groups attached to an aromatic ring is 1. The Morgan fingerprint density at radius 3 is 2.73 bits per heavy atom. The maximum Gasteiger partial charge on any atom is 0.274 e. The van der Waals surface area contributed by atoms with Crippen molar-refractivity contribution in [1.29, 1.82) is 5.26 Å². The highest BCUT2D eigenvalue weighted by Crippen LogP contribution is 2.39. The molecule has 0 aliphatic rings. The number of thiophene rings is 1. The monoisotopic (exact) mass is 224 g/mol. The Hall–Kier alpha value is -1.67. The molecule has 0 saturated heterocycles. The summed E-state index contributed by atoms with van der Waals surface area (Å²) in [5.74, 6) is 0. The Balaban J connectivity index is 2.88. The summed E-state index contributed by atoms with van der Waals surface area (Å²) in [5.41, 5.74) is 6.03. The SMILES string of the molecule is N#Cc1c(C(F)F)sc2cccc(N)c12. The number of fused-ring (bicyclic) bond motifs is 1. The molecule has 76 valence electrons. The van der Waals surface area contributed by atoms with Gasteiger partial charge in [-0.1, -0.05) is 6.07 Å². The Labute approximate surface area is 88.5 Å². The average molecular weight is 224 g/mol. The van der Waals surface area contributed by atoms with Gasteiger partial charge in [-0.15, -0.1) is 11.3 Å². The molecule has 2 N–H and O–H groups in total. The second kappa shape index (κ2) is 3.48. The fourth-order valence-corrected chi connectivity index (χ4v) is 2.50. The lowest BCUT2D eigenvalue weighted by molar-refractivity contribution is 0.155. The fourth-order valence-electron chi connectivity index (χ4n) is 1.46. The van der Waals surface area contributed by atoms with Crippen molar-refractivity contribution in [3.05, 3.63) is 28.6 Å². The van der Waals surface area contributed by atoms with E-state index in [0.717, 1.165) is 11.3 Å². The Morgan fingerprint density at radius 2 is 2.13 bits per heavy atom. The number of nitriles is 1. The smallest absolute Gasteiger partial charge is 0.274 e. The van der Waals surface area contributed by atoms with Gasteiger partial charge in [0.2, 0.25) is 0 Å². The van der Waals surface area contributed by atoms with E-state index in [2.05, 4.69) is 0 Å². The summed E-state index contributed by atoms with van der Waals surface area (Å²) >= 11 is 0.918. The number of nitrogens with two attached hydrogens (primary N) is 1. The van der Waals surface area contributed by atoms with E-state index in [1.807, 2.05) is 0 Å². The molecule has 15 heavy (non-hydrogen) atoms. The molecule has 0 bridgehead atoms. The third-order valence-corrected chi connectivity index (χ3v) is 3.25. The Morgan fingerprint density at radius 1 is 1.40 bits per heavy atom. The molecular formula is C10H6F2N2S. The first-order valence-corrected chi connectivity index (χ1v) is 4.96. The van der Waals surface area contributed by atoms with Gasteiger partial charge in [-0.25, -0.2) is 8.78 Å². The van der Waals surface area contributed by atoms with E-state index < -0.39 is 6.43 Å². The Bertz CT molecular complexity index is 554. The number of hydrogen-bond acceptors (Lipinski definition) is 3. The van der Waals surface area contributed by atoms with Crippen molar-refractivity contribution in [3.8, 4) is 6.07 Å². The topological polar surface area (TPSA) is 49.8 Å². The highest BCUT2D eigenvalue weighted by Gasteiger charge is 2.20. The molecule has 0 fully saturated rings. The quantitative estimate of drug-likeness (QED) is 0.755. The van der Waals surface area contributed by atoms with Gasteiger partial charge < -0.3 is 5.73 Å². The first-order chi connectivity index (χ1) is 7.15. The van der Waals surface area contributed by atoms with Crippen molar-refractivity contribution in [1.82, 2.24) is 0 Å². The zero-order chi connectivity index (χ0) is 11.0. The lowest BCUT2D eigenvalue weighted by Crippen LogP contribution is -1.87. The molecule has 2 nitrogen and oxygen atoms in total. The van der Waals surface area contributed by atoms with Crippen LogP contribution >= 0.6 is 11.3 Å². The summed E-state index contributed by atoms with van der Waals surface area (Å²) in [5, 5.41) is 9.29. The molecule has 0 amide bonds. The van der Waals surface area contributed by atoms with Gasteiger partial charge in [-0.3, -0.25) is 0 Å². The van der Waals surface area contributed by atoms with Crippen LogP contribution in [0.3, 0.4) is 0 Å². The summed E-state index contributed by atoms with van der Waals surface area (Å²) in [6.07, 6.45) is -2.63. The second-order valence-corrected chi connectivity index (χ2v) is 4.06. The van der Waals surface area contributed by atoms with Gasteiger partial charge in [-0.05, 0) is 12.1 Å². The number of rotatable bonds is 1. The summed E-state index contributed by atoms with van der Waals surface area (Å²) in [6.45, 7) is 0. The van der Waals surface area contributed by atoms with Crippen LogP contribution in [0.25, 0.3) is 10.1 Å². The largest absolute Gasteiger partial charge is 0.398 e. The second-order valence-electron chi connectivity index (χ2n) is 2.97. The maximum atomic E-state index is 12.6. The fraction of sp³-hybridized carbons (Fsp3) is 0.100. The molecule has 0 aliphatic heterocycles. The van der Waals surface area contributed by atoms with Crippen LogP contribution in [0.15, 0.2) is 18.2 Å². The van der Waals surface area contributed by atoms with Gasteiger partial charge in [0.05, 0.1) is 10.4 Å². The summed E-state index contributed by atoms with van der Waals surface area (Å²) in [4.78, 5) is -0.203. The Kier molecular flexibility index (Phi) is 2.29. The van der Waals surface area contributed by atoms with Crippen molar-refractivity contribution in [2.75, 3.05) is 5.73 Å². The van der Waals surface area contributed by atoms with Crippen molar-refractivity contribution in [2.24, 2.45) is 0 Å². The zero-order valence-corrected chi connectivity index (χ0v) is 8.31. The highest BCUT2D eigenvalue weighted by molar-refractivity contribution is 7.19. The van der Waals surface area contributed by atoms with Gasteiger partial charge in [0, 0.05) is 15.8 Å². The standard InChI is InChI=1S/C10H6F2N2S/c11-10(12)9-5(4-13)8-6(14)2-1-3-7(8)15-9/h1-3,10H,14H2. The van der Waals surface area contributed by atoms with Gasteiger partial charge in [-0.2, -0.15) is 5.26 Å². The van der Waals surface area contributed by atoms with Crippen molar-refractivity contribution >= 4 is 27.1 Å². The lowest BCUT2D eigenvalue weighted by Gasteiger charge is -1.96. The molecule has 2 rings (SSSR count). The highest BCUT2D eigenvalue weighted by atomic mass is 32.1. The first-order valence-electron chi connectivity index (χ1n) is 4.14. The maximum absolute atomic E-state index is 12.6. The molecule has 0 aliphatic carbocycles. The molecule has 0 spiro atoms. The predicted molar refractivity (Wildman–Crippen MR) is 55.9 cm³/mol. The van der Waals surface area contributed by atoms with E-state index in [0.29, 0.717) is 15.8 Å². The molecule has 1 heterocycles. The predicted octanol–water partition coefficient (Wildman–Crippen LogP) is 3.29. The van der Waals surface area contributed by atoms with Gasteiger partial charge in [0.15, 0.2) is 0 Å². The van der Waals surface area contributed by atoms with E-state index in [1.165, 1.54) is 0 Å². The van der Waals surface area contributed by atoms with Gasteiger partial charge in [0.25, 0.3) is 6.43 Å². The molecule has 0 radical (unpaired) electrons. The van der Waals surface area contributed by atoms with E-state index in [4.69, 9.17) is 11.0 Å². The normalized spacial score (nSPS) is 10.8. The molecule has 2 aromatic rings. The van der Waals surface area contributed by atoms with Crippen LogP contribution in [0.4, 0.5) is 14.5 Å². The number of nitrogens with zero attached hydrogens (tertiary/aromatic N) is 1. The van der Waals surface area contributed by atoms with Crippen LogP contribution in [0.2, 0.25) is 0 Å². The number of hydrogen-bond donors (Lipinski definition) is 1. The van der Waals surface area contributed by atoms with E-state index >= 15 is 0 Å². The minimum absolute atomic E-state index is 0.00287. The van der Waals surface area contributed by atoms with Crippen LogP contribution in [-0.2, 0) is 0 Å². The van der Waals surface area contributed by atoms with Crippen molar-refractivity contribution in [2.45, 2.75) is 6.43 Å². The molecule has 1 aromatic heterocycles. The van der Waals surface area contributed by atoms with E-state index in [9.17, 15) is 8.78 Å². The lowest BCUT2D eigenvalue weighted by atomic mass is 10.1. The zero-order valence-electron chi connectivity index (χ0n) is 7.50. The average Bonchev–Trinajstić information content (AvgIpc) is 2.57. The van der Waals surface area contributed by atoms with Crippen LogP contribution in [-0.4, -0.2) is 0 Å². The van der Waals surface area contributed by atoms with Crippen LogP contribution in [0.5, 0.6) is 0 Å². The molecular weight excluding hydrogens is 218 g/mol. The summed E-state index contributed by atoms with van der Waals surface area (Å²) in [7, 11) is 0. The molecule has 0 unspecified atom stereocenters. The summed E-state index contributed by atoms with van der Waals surface area (Å²) < 4.78 is 25.8. The number of benzene rings is 1. The van der Waals surface area contributed by atoms with Crippen molar-refractivity contribution < 1.29 is 8.78 Å². The minimum Gasteiger partial charge on any atom is -0.398 e. The third-order valence-electron chi connectivity index (χ3n) is 2.08. The number of halogens is 2. The van der Waals surface area contributed by atoms with Crippen molar-refractivity contribution in [3.63, 3.8) is 0 Å². The van der Waals surface area contributed by atoms with Gasteiger partial charge in [0.1, 0.15) is 6.07 Å². The first kappa shape index (κ1) is 9.87. The number of alkyl halides is 2. The van der Waals surface area contributed by atoms with E-state index in [1.54, 1.807) is 24.3 Å². The third kappa shape index (κ3) is 1.43. The molecule has 1 aromatic carbocycles. The number of anilines is 1. The van der Waals surface area contributed by atoms with Crippen LogP contribution in [0, 0.1) is 11.3 Å². The minimum atomic E-state index is -2.63. The van der Waals surface area contributed by atoms with Crippen LogP contribution < -0.4 is 5.73 Å². The molecule has 0 saturated carbocycles.